The first-order chi connectivity index (χ1) is 13.6. The lowest BCUT2D eigenvalue weighted by Gasteiger charge is -2.13. The van der Waals surface area contributed by atoms with Gasteiger partial charge in [-0.1, -0.05) is 18.2 Å². The van der Waals surface area contributed by atoms with Gasteiger partial charge in [0.15, 0.2) is 5.96 Å². The van der Waals surface area contributed by atoms with Crippen molar-refractivity contribution in [2.45, 2.75) is 26.5 Å². The Balaban J connectivity index is 1.53. The first-order valence-corrected chi connectivity index (χ1v) is 9.38. The summed E-state index contributed by atoms with van der Waals surface area (Å²) in [6, 6.07) is 11.5. The molecule has 5 nitrogen and oxygen atoms in total. The second-order valence-corrected chi connectivity index (χ2v) is 6.82. The molecule has 28 heavy (non-hydrogen) atoms. The number of aromatic nitrogens is 1. The molecule has 0 amide bonds. The molecule has 0 aliphatic heterocycles. The van der Waals surface area contributed by atoms with Crippen LogP contribution in [0.1, 0.15) is 22.3 Å². The molecule has 3 N–H and O–H groups in total. The van der Waals surface area contributed by atoms with E-state index in [0.29, 0.717) is 18.1 Å². The number of methoxy groups -OCH3 is 1. The van der Waals surface area contributed by atoms with Crippen LogP contribution < -0.4 is 10.6 Å². The van der Waals surface area contributed by atoms with Crippen molar-refractivity contribution in [1.29, 1.82) is 0 Å². The van der Waals surface area contributed by atoms with Crippen molar-refractivity contribution in [3.8, 4) is 0 Å². The summed E-state index contributed by atoms with van der Waals surface area (Å²) in [7, 11) is 3.30. The van der Waals surface area contributed by atoms with Gasteiger partial charge in [-0.15, -0.1) is 0 Å². The molecule has 0 radical (unpaired) electrons. The maximum Gasteiger partial charge on any atom is 0.191 e. The minimum Gasteiger partial charge on any atom is -0.380 e. The predicted molar refractivity (Wildman–Crippen MR) is 112 cm³/mol. The smallest absolute Gasteiger partial charge is 0.191 e. The number of rotatable bonds is 7. The Hall–Kier alpha value is -2.86. The van der Waals surface area contributed by atoms with E-state index in [-0.39, 0.29) is 12.4 Å². The molecule has 0 atom stereocenters. The normalized spacial score (nSPS) is 11.8. The summed E-state index contributed by atoms with van der Waals surface area (Å²) in [5.41, 5.74) is 5.22. The summed E-state index contributed by atoms with van der Waals surface area (Å²) in [5, 5.41) is 7.86. The number of fused-ring (bicyclic) bond motifs is 1. The highest BCUT2D eigenvalue weighted by molar-refractivity contribution is 5.84. The molecule has 0 fully saturated rings. The molecule has 1 aromatic heterocycles. The number of guanidine groups is 1. The van der Waals surface area contributed by atoms with Gasteiger partial charge in [-0.2, -0.15) is 0 Å². The van der Waals surface area contributed by atoms with Crippen LogP contribution in [-0.2, 0) is 24.3 Å². The lowest BCUT2D eigenvalue weighted by atomic mass is 10.1. The van der Waals surface area contributed by atoms with E-state index in [1.54, 1.807) is 20.2 Å². The predicted octanol–water partition coefficient (Wildman–Crippen LogP) is 3.67. The lowest BCUT2D eigenvalue weighted by Crippen LogP contribution is -2.37. The van der Waals surface area contributed by atoms with Crippen LogP contribution >= 0.6 is 0 Å². The Kier molecular flexibility index (Phi) is 6.66. The van der Waals surface area contributed by atoms with E-state index in [9.17, 15) is 4.39 Å². The molecule has 3 rings (SSSR count). The SMILES string of the molecule is CN=C(NCCc1c[nH]c2cc(C)ccc12)NCc1ccc(F)c(COC)c1. The third kappa shape index (κ3) is 4.89. The van der Waals surface area contributed by atoms with Crippen LogP contribution in [0.5, 0.6) is 0 Å². The minimum absolute atomic E-state index is 0.248. The number of hydrogen-bond donors (Lipinski definition) is 3. The summed E-state index contributed by atoms with van der Waals surface area (Å²) in [5.74, 6) is 0.468. The van der Waals surface area contributed by atoms with E-state index in [1.165, 1.54) is 28.1 Å². The van der Waals surface area contributed by atoms with Gasteiger partial charge in [0.2, 0.25) is 0 Å². The zero-order valence-corrected chi connectivity index (χ0v) is 16.6. The summed E-state index contributed by atoms with van der Waals surface area (Å²) in [6.45, 7) is 3.68. The lowest BCUT2D eigenvalue weighted by molar-refractivity contribution is 0.181. The Morgan fingerprint density at radius 3 is 2.79 bits per heavy atom. The first-order valence-electron chi connectivity index (χ1n) is 9.38. The fourth-order valence-corrected chi connectivity index (χ4v) is 3.23. The molecule has 0 saturated heterocycles. The summed E-state index contributed by atoms with van der Waals surface area (Å²) < 4.78 is 18.8. The Labute approximate surface area is 165 Å². The average Bonchev–Trinajstić information content (AvgIpc) is 3.09. The molecule has 0 aliphatic rings. The van der Waals surface area contributed by atoms with Gasteiger partial charge in [-0.3, -0.25) is 4.99 Å². The topological polar surface area (TPSA) is 61.4 Å². The number of aromatic amines is 1. The Morgan fingerprint density at radius 2 is 2.00 bits per heavy atom. The third-order valence-electron chi connectivity index (χ3n) is 4.70. The molecular formula is C22H27FN4O. The highest BCUT2D eigenvalue weighted by atomic mass is 19.1. The zero-order chi connectivity index (χ0) is 19.9. The van der Waals surface area contributed by atoms with Crippen molar-refractivity contribution in [3.05, 3.63) is 70.7 Å². The molecule has 0 spiro atoms. The fourth-order valence-electron chi connectivity index (χ4n) is 3.23. The molecule has 0 unspecified atom stereocenters. The first kappa shape index (κ1) is 19.9. The minimum atomic E-state index is -0.248. The molecule has 0 bridgehead atoms. The highest BCUT2D eigenvalue weighted by Crippen LogP contribution is 2.19. The van der Waals surface area contributed by atoms with Gasteiger partial charge in [-0.25, -0.2) is 4.39 Å². The van der Waals surface area contributed by atoms with Crippen molar-refractivity contribution in [2.24, 2.45) is 4.99 Å². The third-order valence-corrected chi connectivity index (χ3v) is 4.70. The summed E-state index contributed by atoms with van der Waals surface area (Å²) in [4.78, 5) is 7.59. The largest absolute Gasteiger partial charge is 0.380 e. The number of nitrogens with one attached hydrogen (secondary N) is 3. The average molecular weight is 382 g/mol. The number of halogens is 1. The van der Waals surface area contributed by atoms with E-state index in [2.05, 4.69) is 51.9 Å². The molecule has 2 aromatic carbocycles. The molecule has 1 heterocycles. The van der Waals surface area contributed by atoms with Gasteiger partial charge in [-0.05, 0) is 48.2 Å². The van der Waals surface area contributed by atoms with Crippen molar-refractivity contribution < 1.29 is 9.13 Å². The standard InChI is InChI=1S/C22H27FN4O/c1-15-4-6-19-17(13-26-21(19)10-15)8-9-25-22(24-2)27-12-16-5-7-20(23)18(11-16)14-28-3/h4-7,10-11,13,26H,8-9,12,14H2,1-3H3,(H2,24,25,27). The Morgan fingerprint density at radius 1 is 1.14 bits per heavy atom. The number of ether oxygens (including phenoxy) is 1. The van der Waals surface area contributed by atoms with Crippen molar-refractivity contribution in [3.63, 3.8) is 0 Å². The van der Waals surface area contributed by atoms with Crippen molar-refractivity contribution in [1.82, 2.24) is 15.6 Å². The highest BCUT2D eigenvalue weighted by Gasteiger charge is 2.06. The summed E-state index contributed by atoms with van der Waals surface area (Å²) in [6.07, 6.45) is 2.95. The van der Waals surface area contributed by atoms with Gasteiger partial charge in [0.1, 0.15) is 5.82 Å². The molecule has 3 aromatic rings. The second-order valence-electron chi connectivity index (χ2n) is 6.82. The van der Waals surface area contributed by atoms with E-state index in [4.69, 9.17) is 4.74 Å². The van der Waals surface area contributed by atoms with Crippen LogP contribution in [0.2, 0.25) is 0 Å². The van der Waals surface area contributed by atoms with E-state index in [0.717, 1.165) is 18.5 Å². The van der Waals surface area contributed by atoms with Gasteiger partial charge < -0.3 is 20.4 Å². The van der Waals surface area contributed by atoms with Crippen LogP contribution in [0.3, 0.4) is 0 Å². The van der Waals surface area contributed by atoms with Crippen LogP contribution in [0.15, 0.2) is 47.6 Å². The number of aryl methyl sites for hydroxylation is 1. The van der Waals surface area contributed by atoms with Gasteiger partial charge in [0, 0.05) is 49.9 Å². The van der Waals surface area contributed by atoms with Crippen LogP contribution in [0, 0.1) is 12.7 Å². The van der Waals surface area contributed by atoms with Gasteiger partial charge in [0.05, 0.1) is 6.61 Å². The van der Waals surface area contributed by atoms with Crippen LogP contribution in [-0.4, -0.2) is 31.6 Å². The van der Waals surface area contributed by atoms with Gasteiger partial charge >= 0.3 is 0 Å². The maximum atomic E-state index is 13.7. The molecule has 0 aliphatic carbocycles. The number of H-pyrrole nitrogens is 1. The van der Waals surface area contributed by atoms with Gasteiger partial charge in [0.25, 0.3) is 0 Å². The molecule has 0 saturated carbocycles. The van der Waals surface area contributed by atoms with Crippen LogP contribution in [0.4, 0.5) is 4.39 Å². The van der Waals surface area contributed by atoms with Crippen molar-refractivity contribution >= 4 is 16.9 Å². The molecular weight excluding hydrogens is 355 g/mol. The molecule has 6 heteroatoms. The number of aliphatic imine (C=N–C) groups is 1. The van der Waals surface area contributed by atoms with Crippen molar-refractivity contribution in [2.75, 3.05) is 20.7 Å². The van der Waals surface area contributed by atoms with E-state index < -0.39 is 0 Å². The Bertz CT molecular complexity index is 964. The maximum absolute atomic E-state index is 13.7. The van der Waals surface area contributed by atoms with E-state index >= 15 is 0 Å². The monoisotopic (exact) mass is 382 g/mol. The quantitative estimate of drug-likeness (QED) is 0.432. The second kappa shape index (κ2) is 9.37. The number of hydrogen-bond acceptors (Lipinski definition) is 2. The molecule has 148 valence electrons. The zero-order valence-electron chi connectivity index (χ0n) is 16.6. The fraction of sp³-hybridized carbons (Fsp3) is 0.318. The number of benzene rings is 2. The van der Waals surface area contributed by atoms with Crippen LogP contribution in [0.25, 0.3) is 10.9 Å². The summed E-state index contributed by atoms with van der Waals surface area (Å²) >= 11 is 0. The number of nitrogens with zero attached hydrogens (tertiary/aromatic N) is 1. The van der Waals surface area contributed by atoms with E-state index in [1.807, 2.05) is 6.07 Å².